The Bertz CT molecular complexity index is 1180. The molecule has 3 N–H and O–H groups in total. The lowest BCUT2D eigenvalue weighted by Crippen LogP contribution is -2.63. The van der Waals surface area contributed by atoms with E-state index in [1.54, 1.807) is 11.2 Å². The molecule has 1 saturated carbocycles. The zero-order valence-corrected chi connectivity index (χ0v) is 20.7. The topological polar surface area (TPSA) is 85.8 Å². The molecule has 0 saturated heterocycles. The summed E-state index contributed by atoms with van der Waals surface area (Å²) in [6, 6.07) is 3.85. The summed E-state index contributed by atoms with van der Waals surface area (Å²) in [4.78, 5) is 3.22. The average Bonchev–Trinajstić information content (AvgIpc) is 3.29. The van der Waals surface area contributed by atoms with Crippen molar-refractivity contribution < 1.29 is 60.1 Å². The van der Waals surface area contributed by atoms with Crippen LogP contribution in [0.3, 0.4) is 0 Å². The van der Waals surface area contributed by atoms with Gasteiger partial charge in [-0.1, -0.05) is 24.3 Å². The molecule has 0 amide bonds. The molecule has 1 atom stereocenters. The van der Waals surface area contributed by atoms with Crippen molar-refractivity contribution in [3.8, 4) is 11.5 Å². The quantitative estimate of drug-likeness (QED) is 0.111. The monoisotopic (exact) mass is 587 g/mol. The molecule has 0 radical (unpaired) electrons. The minimum Gasteiger partial charge on any atom is -0.487 e. The van der Waals surface area contributed by atoms with Crippen LogP contribution < -0.4 is 14.6 Å². The van der Waals surface area contributed by atoms with Crippen molar-refractivity contribution in [2.24, 2.45) is 0 Å². The highest BCUT2D eigenvalue weighted by atomic mass is 32.1. The Hall–Kier alpha value is -3.20. The molecular formula is C24H23F8N2O4S+. The normalized spacial score (nSPS) is 16.5. The molecule has 6 nitrogen and oxygen atoms in total. The van der Waals surface area contributed by atoms with Crippen molar-refractivity contribution in [2.75, 3.05) is 0 Å². The van der Waals surface area contributed by atoms with Gasteiger partial charge in [-0.05, 0) is 48.5 Å². The van der Waals surface area contributed by atoms with Gasteiger partial charge in [-0.15, -0.1) is 11.3 Å². The number of hydrogen-bond donors (Lipinski definition) is 3. The third-order valence-electron chi connectivity index (χ3n) is 5.83. The molecule has 15 heteroatoms. The largest absolute Gasteiger partial charge is 0.487 e. The summed E-state index contributed by atoms with van der Waals surface area (Å²) in [5.41, 5.74) is -4.88. The van der Waals surface area contributed by atoms with E-state index in [2.05, 4.69) is 9.72 Å². The molecule has 2 aromatic rings. The maximum atomic E-state index is 13.4. The first-order valence-electron chi connectivity index (χ1n) is 11.4. The number of nitrogens with zero attached hydrogens (tertiary/aromatic N) is 1. The van der Waals surface area contributed by atoms with E-state index in [1.807, 2.05) is 0 Å². The Morgan fingerprint density at radius 1 is 1.05 bits per heavy atom. The first-order valence-corrected chi connectivity index (χ1v) is 12.2. The molecule has 1 aromatic heterocycles. The molecule has 0 aliphatic heterocycles. The number of ether oxygens (including phenoxy) is 2. The van der Waals surface area contributed by atoms with E-state index in [-0.39, 0.29) is 40.2 Å². The molecule has 214 valence electrons. The Morgan fingerprint density at radius 3 is 2.31 bits per heavy atom. The van der Waals surface area contributed by atoms with Crippen LogP contribution in [0.15, 0.2) is 48.7 Å². The van der Waals surface area contributed by atoms with E-state index in [0.717, 1.165) is 12.6 Å². The third-order valence-corrected chi connectivity index (χ3v) is 7.05. The number of allylic oxidation sites excluding steroid dienone is 4. The highest BCUT2D eigenvalue weighted by Crippen LogP contribution is 2.52. The van der Waals surface area contributed by atoms with Crippen LogP contribution in [0.25, 0.3) is 0 Å². The molecule has 0 bridgehead atoms. The summed E-state index contributed by atoms with van der Waals surface area (Å²) in [5, 5.41) is 18.5. The van der Waals surface area contributed by atoms with Gasteiger partial charge in [0.05, 0.1) is 6.10 Å². The summed E-state index contributed by atoms with van der Waals surface area (Å²) in [7, 11) is 0. The maximum Gasteiger partial charge on any atom is 0.433 e. The van der Waals surface area contributed by atoms with Crippen molar-refractivity contribution in [1.29, 1.82) is 0 Å². The molecule has 3 rings (SSSR count). The lowest BCUT2D eigenvalue weighted by Gasteiger charge is -2.30. The van der Waals surface area contributed by atoms with Gasteiger partial charge in [-0.2, -0.15) is 35.1 Å². The second-order valence-electron chi connectivity index (χ2n) is 8.43. The molecule has 1 aliphatic rings. The molecule has 0 spiro atoms. The number of thiazole rings is 1. The molecule has 1 aliphatic carbocycles. The summed E-state index contributed by atoms with van der Waals surface area (Å²) in [6.07, 6.45) is -2.32. The van der Waals surface area contributed by atoms with Crippen LogP contribution in [0, 0.1) is 0 Å². The van der Waals surface area contributed by atoms with Gasteiger partial charge in [0.2, 0.25) is 6.21 Å². The Kier molecular flexibility index (Phi) is 9.59. The highest BCUT2D eigenvalue weighted by molar-refractivity contribution is 7.11. The fourth-order valence-electron chi connectivity index (χ4n) is 3.59. The van der Waals surface area contributed by atoms with Gasteiger partial charge in [0, 0.05) is 23.1 Å². The standard InChI is InChI=1S/C24H22F8N2O4S/c25-21(26)38-17-10-9-14(12-18(17)37-15-6-5-7-15)16(8-3-1-2-4-11-34-36)19-13-33-20(39-19)22(35,23(27,28)29)24(30,31)32/h1-4,9-13,15-16,21,35-36H,5-8H2/p+1/b3-1+,4-2-,34-11+. The number of alkyl halides is 8. The van der Waals surface area contributed by atoms with Crippen molar-refractivity contribution in [2.45, 2.75) is 62.3 Å². The third kappa shape index (κ3) is 7.06. The number of aromatic nitrogens is 1. The Morgan fingerprint density at radius 2 is 1.74 bits per heavy atom. The van der Waals surface area contributed by atoms with Crippen molar-refractivity contribution in [1.82, 2.24) is 4.98 Å². The molecule has 1 fully saturated rings. The van der Waals surface area contributed by atoms with E-state index in [4.69, 9.17) is 9.94 Å². The van der Waals surface area contributed by atoms with Crippen LogP contribution in [-0.4, -0.2) is 46.6 Å². The number of aliphatic hydroxyl groups is 1. The van der Waals surface area contributed by atoms with E-state index >= 15 is 0 Å². The first kappa shape index (κ1) is 30.3. The summed E-state index contributed by atoms with van der Waals surface area (Å²) in [5.74, 6) is -1.24. The van der Waals surface area contributed by atoms with Crippen molar-refractivity contribution in [3.63, 3.8) is 0 Å². The van der Waals surface area contributed by atoms with E-state index < -0.39 is 35.5 Å². The SMILES string of the molecule is O/[NH+]=C/C=C\C=C\CC(c1ccc(OC(F)F)c(OC2CCC2)c1)c1cnc(C(O)(C(F)(F)F)C(F)(F)F)s1. The van der Waals surface area contributed by atoms with Crippen LogP contribution in [0.5, 0.6) is 11.5 Å². The predicted molar refractivity (Wildman–Crippen MR) is 123 cm³/mol. The fraction of sp³-hybridized carbons (Fsp3) is 0.417. The zero-order valence-electron chi connectivity index (χ0n) is 19.8. The second-order valence-corrected chi connectivity index (χ2v) is 9.49. The van der Waals surface area contributed by atoms with Gasteiger partial charge >= 0.3 is 24.6 Å². The van der Waals surface area contributed by atoms with Crippen LogP contribution in [0.2, 0.25) is 0 Å². The lowest BCUT2D eigenvalue weighted by molar-refractivity contribution is -0.733. The summed E-state index contributed by atoms with van der Waals surface area (Å²) >= 11 is 0.0244. The predicted octanol–water partition coefficient (Wildman–Crippen LogP) is 5.16. The average molecular weight is 588 g/mol. The van der Waals surface area contributed by atoms with E-state index in [9.17, 15) is 40.2 Å². The number of nitrogens with one attached hydrogen (secondary N) is 1. The molecular weight excluding hydrogens is 564 g/mol. The van der Waals surface area contributed by atoms with Crippen LogP contribution in [0.1, 0.15) is 47.0 Å². The van der Waals surface area contributed by atoms with Gasteiger partial charge in [0.15, 0.2) is 11.5 Å². The second kappa shape index (κ2) is 12.3. The zero-order chi connectivity index (χ0) is 28.8. The van der Waals surface area contributed by atoms with Crippen LogP contribution in [-0.2, 0) is 5.60 Å². The smallest absolute Gasteiger partial charge is 0.433 e. The maximum absolute atomic E-state index is 13.4. The minimum absolute atomic E-state index is 0.0207. The molecule has 1 aromatic carbocycles. The van der Waals surface area contributed by atoms with Gasteiger partial charge in [0.1, 0.15) is 5.01 Å². The Balaban J connectivity index is 2.05. The van der Waals surface area contributed by atoms with Crippen molar-refractivity contribution >= 4 is 17.6 Å². The van der Waals surface area contributed by atoms with Crippen LogP contribution >= 0.6 is 11.3 Å². The highest BCUT2D eigenvalue weighted by Gasteiger charge is 2.73. The molecule has 1 heterocycles. The summed E-state index contributed by atoms with van der Waals surface area (Å²) < 4.78 is 116. The number of halogens is 8. The van der Waals surface area contributed by atoms with E-state index in [0.29, 0.717) is 18.4 Å². The number of rotatable bonds is 11. The lowest BCUT2D eigenvalue weighted by atomic mass is 9.93. The van der Waals surface area contributed by atoms with Gasteiger partial charge < -0.3 is 14.6 Å². The Labute approximate surface area is 220 Å². The fourth-order valence-corrected chi connectivity index (χ4v) is 4.77. The van der Waals surface area contributed by atoms with Crippen molar-refractivity contribution in [3.05, 3.63) is 64.1 Å². The number of benzene rings is 1. The molecule has 39 heavy (non-hydrogen) atoms. The summed E-state index contributed by atoms with van der Waals surface area (Å²) in [6.45, 7) is -3.17. The van der Waals surface area contributed by atoms with Gasteiger partial charge in [-0.3, -0.25) is 5.21 Å². The van der Waals surface area contributed by atoms with E-state index in [1.165, 1.54) is 42.6 Å². The number of hydrogen-bond acceptors (Lipinski definition) is 6. The molecule has 1 unspecified atom stereocenters. The first-order chi connectivity index (χ1) is 18.3. The van der Waals surface area contributed by atoms with Crippen LogP contribution in [0.4, 0.5) is 35.1 Å². The minimum atomic E-state index is -6.10. The van der Waals surface area contributed by atoms with Gasteiger partial charge in [-0.25, -0.2) is 4.98 Å². The van der Waals surface area contributed by atoms with Gasteiger partial charge in [0.25, 0.3) is 0 Å².